The van der Waals surface area contributed by atoms with Crippen molar-refractivity contribution in [2.24, 2.45) is 0 Å². The van der Waals surface area contributed by atoms with Crippen molar-refractivity contribution in [3.05, 3.63) is 0 Å². The topological polar surface area (TPSA) is 35.6 Å². The van der Waals surface area contributed by atoms with Crippen LogP contribution in [0.15, 0.2) is 0 Å². The fourth-order valence-electron chi connectivity index (χ4n) is 14.6. The third-order valence-corrected chi connectivity index (χ3v) is 21.4. The summed E-state index contributed by atoms with van der Waals surface area (Å²) in [7, 11) is 65.3. The van der Waals surface area contributed by atoms with Crippen molar-refractivity contribution in [1.29, 1.82) is 0 Å². The molecule has 7 aromatic carbocycles. The van der Waals surface area contributed by atoms with E-state index in [9.17, 15) is 0 Å². The lowest BCUT2D eigenvalue weighted by molar-refractivity contribution is 1.02. The molecule has 0 spiro atoms. The first kappa shape index (κ1) is 54.6. The summed E-state index contributed by atoms with van der Waals surface area (Å²) in [5.41, 5.74) is 49.7. The minimum Gasteiger partial charge on any atom is -0.312 e. The van der Waals surface area contributed by atoms with Crippen LogP contribution in [0.4, 0.5) is 0 Å². The minimum absolute atomic E-state index is 0.740. The average molecular weight is 944 g/mol. The van der Waals surface area contributed by atoms with E-state index in [0.717, 1.165) is 22.5 Å². The van der Waals surface area contributed by atoms with Gasteiger partial charge in [-0.15, -0.1) is 38.2 Å². The van der Waals surface area contributed by atoms with Crippen LogP contribution in [0.5, 0.6) is 0 Å². The van der Waals surface area contributed by atoms with Crippen molar-refractivity contribution in [2.45, 2.75) is 0 Å². The predicted octanol–water partition coefficient (Wildman–Crippen LogP) is -37.6. The van der Waals surface area contributed by atoms with Crippen LogP contribution in [0.3, 0.4) is 0 Å². The molecule has 0 fully saturated rings. The molecule has 0 amide bonds. The zero-order valence-corrected chi connectivity index (χ0v) is 51.8. The van der Waals surface area contributed by atoms with Crippen molar-refractivity contribution >= 4 is 427 Å². The second-order valence-electron chi connectivity index (χ2n) is 24.1. The predicted molar refractivity (Wildman–Crippen MR) is 428 cm³/mol. The maximum Gasteiger partial charge on any atom is 0.235 e. The molecule has 3 heterocycles. The van der Waals surface area contributed by atoms with Gasteiger partial charge in [0.05, 0.1) is 11.2 Å². The van der Waals surface area contributed by atoms with Crippen molar-refractivity contribution in [3.8, 4) is 34.0 Å². The second-order valence-corrected chi connectivity index (χ2v) is 24.1. The molecule has 0 aliphatic heterocycles. The molecule has 0 N–H and O–H groups in total. The summed E-state index contributed by atoms with van der Waals surface area (Å²) in [6.45, 7) is 0. The highest BCUT2D eigenvalue weighted by atomic mass is 15.2. The summed E-state index contributed by atoms with van der Waals surface area (Å²) in [4.78, 5) is 11.8. The molecule has 10 rings (SSSR count). The lowest BCUT2D eigenvalue weighted by Crippen LogP contribution is -2.56. The summed E-state index contributed by atoms with van der Waals surface area (Å²) < 4.78 is 5.20. The lowest BCUT2D eigenvalue weighted by atomic mass is 9.59. The summed E-state index contributed by atoms with van der Waals surface area (Å²) in [6, 6.07) is 0. The number of hydrogen-bond acceptors (Lipinski definition) is 2. The van der Waals surface area contributed by atoms with Gasteiger partial charge in [0, 0.05) is 43.9 Å². The molecule has 0 unspecified atom stereocenters. The fourth-order valence-corrected chi connectivity index (χ4v) is 14.6. The Bertz CT molecular complexity index is 4390. The van der Waals surface area contributed by atoms with E-state index in [1.54, 1.807) is 0 Å². The summed E-state index contributed by atoms with van der Waals surface area (Å²) in [6.07, 6.45) is 0. The SMILES string of the molecule is Bc1c(B)c(B)c(-c2nc(-n3c4c(B)c(B)c(B)c(B)c4c4c(B)c(-c5c(B)c(B)c6c(c5B)c5c(B)c(B)c(B)c(B)c5n6-c5c(B)c(B)c(B)c(B)c5B)c(B)c(B)c43)nc3c(B)c(B)c(B)c(B)c23)c(B)c1B. The number of aromatic nitrogens is 4. The van der Waals surface area contributed by atoms with E-state index in [1.165, 1.54) is 219 Å². The van der Waals surface area contributed by atoms with Gasteiger partial charge >= 0.3 is 0 Å². The van der Waals surface area contributed by atoms with Gasteiger partial charge in [-0.1, -0.05) is 115 Å². The summed E-state index contributed by atoms with van der Waals surface area (Å²) in [5, 5.41) is 6.54. The van der Waals surface area contributed by atoms with Gasteiger partial charge in [0.2, 0.25) is 5.95 Å². The van der Waals surface area contributed by atoms with Gasteiger partial charge in [-0.3, -0.25) is 4.57 Å². The van der Waals surface area contributed by atoms with Gasteiger partial charge in [0.1, 0.15) is 220 Å². The first-order chi connectivity index (χ1) is 35.5. The molecule has 0 atom stereocenters. The Morgan fingerprint density at radius 3 is 0.855 bits per heavy atom. The second kappa shape index (κ2) is 18.4. The highest BCUT2D eigenvalue weighted by molar-refractivity contribution is 6.75. The van der Waals surface area contributed by atoms with Crippen LogP contribution in [0.25, 0.3) is 88.5 Å². The maximum absolute atomic E-state index is 5.96. The highest BCUT2D eigenvalue weighted by Crippen LogP contribution is 2.32. The lowest BCUT2D eigenvalue weighted by Gasteiger charge is -2.26. The Balaban J connectivity index is 1.42. The number of nitrogens with zero attached hydrogens (tertiary/aromatic N) is 4. The zero-order chi connectivity index (χ0) is 56.0. The molecule has 76 heavy (non-hydrogen) atoms. The van der Waals surface area contributed by atoms with Crippen LogP contribution in [0, 0.1) is 0 Å². The van der Waals surface area contributed by atoms with Crippen LogP contribution < -0.4 is 153 Å². The zero-order valence-electron chi connectivity index (χ0n) is 51.8. The fraction of sp³-hybridized carbons (Fsp3) is 0. The number of benzene rings is 7. The molecular weight excluding hydrogens is 887 g/mol. The van der Waals surface area contributed by atoms with Gasteiger partial charge in [-0.05, 0) is 27.5 Å². The largest absolute Gasteiger partial charge is 0.312 e. The van der Waals surface area contributed by atoms with E-state index in [1.807, 2.05) is 0 Å². The standard InChI is InChI=1S/C44H56B28N4/c45-9-1(11(47)31(67)39-3(9)5-13(49)18(54)26(62)33(69)40(5)75(39)43-35(71)28(64)24(60)29(65)36(43)72)2-10(46)4-6-14(50)19(55)27(63)34(70)42(6)76(41(4)32(68)12(2)48)44-73-37(7-15(51)20(56)23(59)21(57)16(7)52)8-17(53)22(58)25(61)30(66)38(8)74-44/h45-72H2. The van der Waals surface area contributed by atoms with E-state index in [2.05, 4.69) is 229 Å². The molecule has 4 nitrogen and oxygen atoms in total. The van der Waals surface area contributed by atoms with Crippen LogP contribution in [0.2, 0.25) is 0 Å². The van der Waals surface area contributed by atoms with E-state index in [0.29, 0.717) is 0 Å². The van der Waals surface area contributed by atoms with Gasteiger partial charge in [0.25, 0.3) is 0 Å². The first-order valence-electron chi connectivity index (χ1n) is 28.0. The van der Waals surface area contributed by atoms with Crippen LogP contribution in [0.1, 0.15) is 0 Å². The highest BCUT2D eigenvalue weighted by Gasteiger charge is 2.32. The van der Waals surface area contributed by atoms with E-state index < -0.39 is 0 Å². The van der Waals surface area contributed by atoms with E-state index >= 15 is 0 Å². The average Bonchev–Trinajstić information content (AvgIpc) is 4.00. The van der Waals surface area contributed by atoms with E-state index in [4.69, 9.17) is 9.97 Å². The third-order valence-electron chi connectivity index (χ3n) is 21.4. The molecule has 0 bridgehead atoms. The molecule has 0 aliphatic rings. The van der Waals surface area contributed by atoms with Crippen molar-refractivity contribution in [1.82, 2.24) is 19.1 Å². The molecule has 0 aliphatic carbocycles. The third kappa shape index (κ3) is 6.97. The first-order valence-corrected chi connectivity index (χ1v) is 28.0. The molecule has 336 valence electrons. The molecule has 0 saturated heterocycles. The monoisotopic (exact) mass is 949 g/mol. The molecule has 3 aromatic heterocycles. The van der Waals surface area contributed by atoms with Crippen molar-refractivity contribution < 1.29 is 0 Å². The van der Waals surface area contributed by atoms with Crippen molar-refractivity contribution in [3.63, 3.8) is 0 Å². The number of hydrogen-bond donors (Lipinski definition) is 0. The Kier molecular flexibility index (Phi) is 13.3. The summed E-state index contributed by atoms with van der Waals surface area (Å²) >= 11 is 0. The van der Waals surface area contributed by atoms with Crippen molar-refractivity contribution in [2.75, 3.05) is 0 Å². The minimum atomic E-state index is 0.740. The Morgan fingerprint density at radius 2 is 0.461 bits per heavy atom. The quantitative estimate of drug-likeness (QED) is 0.165. The molecule has 0 radical (unpaired) electrons. The van der Waals surface area contributed by atoms with Crippen LogP contribution >= 0.6 is 0 Å². The van der Waals surface area contributed by atoms with Gasteiger partial charge in [-0.2, -0.15) is 0 Å². The van der Waals surface area contributed by atoms with Crippen LogP contribution in [-0.2, 0) is 0 Å². The molecular formula is C44H56B28N4. The molecule has 32 heteroatoms. The Labute approximate surface area is 477 Å². The molecule has 0 saturated carbocycles. The Hall–Kier alpha value is -4.70. The van der Waals surface area contributed by atoms with Gasteiger partial charge in [0.15, 0.2) is 0 Å². The normalized spacial score (nSPS) is 11.8. The number of fused-ring (bicyclic) bond motifs is 7. The molecule has 10 aromatic rings. The smallest absolute Gasteiger partial charge is 0.235 e. The number of rotatable bonds is 4. The van der Waals surface area contributed by atoms with Crippen LogP contribution in [-0.4, -0.2) is 239 Å². The Morgan fingerprint density at radius 1 is 0.197 bits per heavy atom. The van der Waals surface area contributed by atoms with E-state index in [-0.39, 0.29) is 0 Å². The van der Waals surface area contributed by atoms with Gasteiger partial charge < -0.3 is 4.57 Å². The van der Waals surface area contributed by atoms with Gasteiger partial charge in [-0.25, -0.2) is 9.97 Å². The maximum atomic E-state index is 5.96. The summed E-state index contributed by atoms with van der Waals surface area (Å²) in [5.74, 6) is 0.740.